The van der Waals surface area contributed by atoms with Crippen LogP contribution in [0, 0.1) is 5.82 Å². The van der Waals surface area contributed by atoms with Crippen molar-refractivity contribution in [1.82, 2.24) is 0 Å². The second kappa shape index (κ2) is 4.95. The van der Waals surface area contributed by atoms with E-state index in [9.17, 15) is 9.50 Å². The Balaban J connectivity index is 2.20. The van der Waals surface area contributed by atoms with Crippen LogP contribution in [0.5, 0.6) is 0 Å². The van der Waals surface area contributed by atoms with Crippen LogP contribution in [-0.4, -0.2) is 5.11 Å². The SMILES string of the molecule is OC(Cc1cccs1)c1cc(F)ccc1Cl. The van der Waals surface area contributed by atoms with Crippen molar-refractivity contribution in [3.05, 3.63) is 57.0 Å². The summed E-state index contributed by atoms with van der Waals surface area (Å²) < 4.78 is 13.0. The van der Waals surface area contributed by atoms with Crippen LogP contribution >= 0.6 is 22.9 Å². The van der Waals surface area contributed by atoms with Crippen molar-refractivity contribution < 1.29 is 9.50 Å². The van der Waals surface area contributed by atoms with Gasteiger partial charge >= 0.3 is 0 Å². The molecule has 1 nitrogen and oxygen atoms in total. The summed E-state index contributed by atoms with van der Waals surface area (Å²) >= 11 is 7.47. The molecule has 0 aliphatic rings. The van der Waals surface area contributed by atoms with Gasteiger partial charge in [0.2, 0.25) is 0 Å². The van der Waals surface area contributed by atoms with Gasteiger partial charge in [0.25, 0.3) is 0 Å². The van der Waals surface area contributed by atoms with Crippen LogP contribution in [0.1, 0.15) is 16.5 Å². The van der Waals surface area contributed by atoms with Crippen molar-refractivity contribution in [1.29, 1.82) is 0 Å². The zero-order chi connectivity index (χ0) is 11.5. The summed E-state index contributed by atoms with van der Waals surface area (Å²) in [5.74, 6) is -0.385. The van der Waals surface area contributed by atoms with Crippen molar-refractivity contribution in [3.63, 3.8) is 0 Å². The summed E-state index contributed by atoms with van der Waals surface area (Å²) in [4.78, 5) is 1.05. The van der Waals surface area contributed by atoms with Gasteiger partial charge < -0.3 is 5.11 Å². The molecule has 0 amide bonds. The maximum absolute atomic E-state index is 13.0. The average Bonchev–Trinajstić information content (AvgIpc) is 2.74. The van der Waals surface area contributed by atoms with Gasteiger partial charge in [-0.05, 0) is 29.6 Å². The minimum absolute atomic E-state index is 0.385. The number of aliphatic hydroxyl groups is 1. The number of aliphatic hydroxyl groups excluding tert-OH is 1. The van der Waals surface area contributed by atoms with E-state index in [0.717, 1.165) is 4.88 Å². The number of rotatable bonds is 3. The van der Waals surface area contributed by atoms with E-state index in [1.807, 2.05) is 17.5 Å². The summed E-state index contributed by atoms with van der Waals surface area (Å²) in [5.41, 5.74) is 0.440. The molecular formula is C12H10ClFOS. The van der Waals surface area contributed by atoms with Crippen LogP contribution in [0.2, 0.25) is 5.02 Å². The lowest BCUT2D eigenvalue weighted by molar-refractivity contribution is 0.179. The van der Waals surface area contributed by atoms with Gasteiger partial charge in [-0.1, -0.05) is 17.7 Å². The molecule has 0 radical (unpaired) electrons. The van der Waals surface area contributed by atoms with E-state index in [2.05, 4.69) is 0 Å². The third kappa shape index (κ3) is 2.61. The first-order chi connectivity index (χ1) is 7.66. The van der Waals surface area contributed by atoms with Crippen LogP contribution in [0.25, 0.3) is 0 Å². The van der Waals surface area contributed by atoms with Gasteiger partial charge in [0.05, 0.1) is 6.10 Å². The highest BCUT2D eigenvalue weighted by atomic mass is 35.5. The predicted molar refractivity (Wildman–Crippen MR) is 64.4 cm³/mol. The molecule has 0 saturated heterocycles. The zero-order valence-corrected chi connectivity index (χ0v) is 9.93. The largest absolute Gasteiger partial charge is 0.388 e. The van der Waals surface area contributed by atoms with Crippen LogP contribution in [0.15, 0.2) is 35.7 Å². The lowest BCUT2D eigenvalue weighted by Crippen LogP contribution is -2.02. The summed E-state index contributed by atoms with van der Waals surface area (Å²) in [5, 5.41) is 12.3. The molecule has 1 aromatic carbocycles. The third-order valence-corrected chi connectivity index (χ3v) is 3.53. The van der Waals surface area contributed by atoms with E-state index >= 15 is 0 Å². The van der Waals surface area contributed by atoms with Gasteiger partial charge in [-0.3, -0.25) is 0 Å². The van der Waals surface area contributed by atoms with E-state index in [1.165, 1.54) is 18.2 Å². The summed E-state index contributed by atoms with van der Waals surface area (Å²) in [6, 6.07) is 7.87. The molecule has 0 aliphatic carbocycles. The molecule has 0 bridgehead atoms. The molecule has 1 unspecified atom stereocenters. The zero-order valence-electron chi connectivity index (χ0n) is 8.36. The first kappa shape index (κ1) is 11.6. The number of hydrogen-bond acceptors (Lipinski definition) is 2. The Hall–Kier alpha value is -0.900. The molecule has 0 fully saturated rings. The van der Waals surface area contributed by atoms with E-state index in [-0.39, 0.29) is 5.82 Å². The smallest absolute Gasteiger partial charge is 0.123 e. The molecule has 2 rings (SSSR count). The fourth-order valence-corrected chi connectivity index (χ4v) is 2.49. The monoisotopic (exact) mass is 256 g/mol. The quantitative estimate of drug-likeness (QED) is 0.885. The Morgan fingerprint density at radius 3 is 2.88 bits per heavy atom. The first-order valence-electron chi connectivity index (χ1n) is 4.82. The van der Waals surface area contributed by atoms with Gasteiger partial charge in [-0.2, -0.15) is 0 Å². The standard InChI is InChI=1S/C12H10ClFOS/c13-11-4-3-8(14)6-10(11)12(15)7-9-2-1-5-16-9/h1-6,12,15H,7H2. The van der Waals surface area contributed by atoms with Crippen molar-refractivity contribution in [2.75, 3.05) is 0 Å². The lowest BCUT2D eigenvalue weighted by Gasteiger charge is -2.11. The highest BCUT2D eigenvalue weighted by molar-refractivity contribution is 7.09. The topological polar surface area (TPSA) is 20.2 Å². The van der Waals surface area contributed by atoms with Gasteiger partial charge in [-0.25, -0.2) is 4.39 Å². The number of halogens is 2. The minimum atomic E-state index is -0.762. The Labute approximate surface area is 102 Å². The van der Waals surface area contributed by atoms with E-state index in [1.54, 1.807) is 11.3 Å². The third-order valence-electron chi connectivity index (χ3n) is 2.29. The Bertz CT molecular complexity index is 470. The molecule has 1 heterocycles. The first-order valence-corrected chi connectivity index (χ1v) is 6.08. The molecular weight excluding hydrogens is 247 g/mol. The van der Waals surface area contributed by atoms with Crippen molar-refractivity contribution >= 4 is 22.9 Å². The maximum Gasteiger partial charge on any atom is 0.123 e. The molecule has 0 saturated carbocycles. The molecule has 1 N–H and O–H groups in total. The fourth-order valence-electron chi connectivity index (χ4n) is 1.50. The fraction of sp³-hybridized carbons (Fsp3) is 0.167. The number of thiophene rings is 1. The normalized spacial score (nSPS) is 12.7. The van der Waals surface area contributed by atoms with Crippen molar-refractivity contribution in [3.8, 4) is 0 Å². The van der Waals surface area contributed by atoms with Gasteiger partial charge in [0.15, 0.2) is 0 Å². The molecule has 16 heavy (non-hydrogen) atoms. The Morgan fingerprint density at radius 1 is 1.38 bits per heavy atom. The van der Waals surface area contributed by atoms with Gasteiger partial charge in [0, 0.05) is 21.9 Å². The second-order valence-electron chi connectivity index (χ2n) is 3.47. The highest BCUT2D eigenvalue weighted by Gasteiger charge is 2.13. The van der Waals surface area contributed by atoms with Crippen molar-refractivity contribution in [2.24, 2.45) is 0 Å². The highest BCUT2D eigenvalue weighted by Crippen LogP contribution is 2.27. The summed E-state index contributed by atoms with van der Waals surface area (Å²) in [6.45, 7) is 0. The average molecular weight is 257 g/mol. The van der Waals surface area contributed by atoms with E-state index < -0.39 is 6.10 Å². The molecule has 84 valence electrons. The molecule has 0 spiro atoms. The van der Waals surface area contributed by atoms with E-state index in [4.69, 9.17) is 11.6 Å². The molecule has 2 aromatic rings. The van der Waals surface area contributed by atoms with Crippen molar-refractivity contribution in [2.45, 2.75) is 12.5 Å². The predicted octanol–water partition coefficient (Wildman–Crippen LogP) is 3.82. The van der Waals surface area contributed by atoms with Crippen LogP contribution in [0.3, 0.4) is 0 Å². The van der Waals surface area contributed by atoms with Crippen LogP contribution < -0.4 is 0 Å². The van der Waals surface area contributed by atoms with Gasteiger partial charge in [0.1, 0.15) is 5.82 Å². The van der Waals surface area contributed by atoms with Crippen LogP contribution in [-0.2, 0) is 6.42 Å². The lowest BCUT2D eigenvalue weighted by atomic mass is 10.1. The molecule has 1 aromatic heterocycles. The molecule has 1 atom stereocenters. The van der Waals surface area contributed by atoms with E-state index in [0.29, 0.717) is 17.0 Å². The maximum atomic E-state index is 13.0. The number of hydrogen-bond donors (Lipinski definition) is 1. The van der Waals surface area contributed by atoms with Gasteiger partial charge in [-0.15, -0.1) is 11.3 Å². The summed E-state index contributed by atoms with van der Waals surface area (Å²) in [7, 11) is 0. The minimum Gasteiger partial charge on any atom is -0.388 e. The van der Waals surface area contributed by atoms with Crippen LogP contribution in [0.4, 0.5) is 4.39 Å². The Kier molecular flexibility index (Phi) is 3.59. The Morgan fingerprint density at radius 2 is 2.19 bits per heavy atom. The molecule has 4 heteroatoms. The number of benzene rings is 1. The molecule has 0 aliphatic heterocycles. The summed E-state index contributed by atoms with van der Waals surface area (Å²) in [6.07, 6.45) is -0.303. The second-order valence-corrected chi connectivity index (χ2v) is 4.90.